The Kier molecular flexibility index (Phi) is 4.04. The van der Waals surface area contributed by atoms with Gasteiger partial charge in [0.2, 0.25) is 0 Å². The summed E-state index contributed by atoms with van der Waals surface area (Å²) in [6.07, 6.45) is 5.10. The summed E-state index contributed by atoms with van der Waals surface area (Å²) in [6, 6.07) is 6.45. The molecule has 1 aromatic carbocycles. The highest BCUT2D eigenvalue weighted by molar-refractivity contribution is 5.91. The van der Waals surface area contributed by atoms with Crippen molar-refractivity contribution in [2.45, 2.75) is 0 Å². The van der Waals surface area contributed by atoms with Crippen LogP contribution in [0.3, 0.4) is 0 Å². The lowest BCUT2D eigenvalue weighted by molar-refractivity contribution is -0.383. The number of rotatable bonds is 5. The molecule has 6 nitrogen and oxygen atoms in total. The third kappa shape index (κ3) is 2.86. The molecule has 0 aliphatic carbocycles. The number of nitro groups is 1. The monoisotopic (exact) mass is 259 g/mol. The van der Waals surface area contributed by atoms with Gasteiger partial charge in [-0.25, -0.2) is 4.98 Å². The highest BCUT2D eigenvalue weighted by Gasteiger charge is 2.15. The summed E-state index contributed by atoms with van der Waals surface area (Å²) in [7, 11) is 0. The smallest absolute Gasteiger partial charge is 0.295 e. The molecule has 0 atom stereocenters. The van der Waals surface area contributed by atoms with Gasteiger partial charge in [0.15, 0.2) is 5.52 Å². The normalized spacial score (nSPS) is 11.0. The lowest BCUT2D eigenvalue weighted by Crippen LogP contribution is -1.99. The SMILES string of the molecule is NC/C=C/COc1ccc([N+](=O)[O-])c2ncccc12. The minimum absolute atomic E-state index is 0.0274. The zero-order valence-corrected chi connectivity index (χ0v) is 10.2. The van der Waals surface area contributed by atoms with E-state index in [4.69, 9.17) is 10.5 Å². The van der Waals surface area contributed by atoms with Gasteiger partial charge in [-0.05, 0) is 18.2 Å². The standard InChI is InChI=1S/C13H13N3O3/c14-7-1-2-9-19-12-6-5-11(16(17)18)13-10(12)4-3-8-15-13/h1-6,8H,7,9,14H2/b2-1+. The largest absolute Gasteiger partial charge is 0.489 e. The number of nitrogens with two attached hydrogens (primary N) is 1. The molecule has 0 spiro atoms. The maximum Gasteiger partial charge on any atom is 0.295 e. The van der Waals surface area contributed by atoms with Crippen molar-refractivity contribution < 1.29 is 9.66 Å². The van der Waals surface area contributed by atoms with Crippen LogP contribution in [-0.4, -0.2) is 23.1 Å². The van der Waals surface area contributed by atoms with Crippen molar-refractivity contribution in [2.24, 2.45) is 5.73 Å². The first-order valence-electron chi connectivity index (χ1n) is 5.74. The van der Waals surface area contributed by atoms with E-state index in [9.17, 15) is 10.1 Å². The third-order valence-electron chi connectivity index (χ3n) is 2.54. The van der Waals surface area contributed by atoms with E-state index in [0.29, 0.717) is 29.8 Å². The van der Waals surface area contributed by atoms with Crippen LogP contribution in [0.2, 0.25) is 0 Å². The van der Waals surface area contributed by atoms with Gasteiger partial charge in [0, 0.05) is 24.2 Å². The van der Waals surface area contributed by atoms with Crippen molar-refractivity contribution in [3.8, 4) is 5.75 Å². The summed E-state index contributed by atoms with van der Waals surface area (Å²) in [5, 5.41) is 11.5. The molecular formula is C13H13N3O3. The number of pyridine rings is 1. The molecule has 2 aromatic rings. The van der Waals surface area contributed by atoms with E-state index in [1.165, 1.54) is 12.3 Å². The van der Waals surface area contributed by atoms with Crippen LogP contribution >= 0.6 is 0 Å². The van der Waals surface area contributed by atoms with E-state index in [-0.39, 0.29) is 5.69 Å². The van der Waals surface area contributed by atoms with Crippen molar-refractivity contribution in [1.29, 1.82) is 0 Å². The van der Waals surface area contributed by atoms with Crippen LogP contribution in [0.1, 0.15) is 0 Å². The number of aromatic nitrogens is 1. The lowest BCUT2D eigenvalue weighted by atomic mass is 10.1. The first-order chi connectivity index (χ1) is 9.24. The molecule has 1 aromatic heterocycles. The molecule has 0 amide bonds. The van der Waals surface area contributed by atoms with Crippen molar-refractivity contribution in [2.75, 3.05) is 13.2 Å². The van der Waals surface area contributed by atoms with Crippen LogP contribution in [0.15, 0.2) is 42.6 Å². The van der Waals surface area contributed by atoms with Gasteiger partial charge < -0.3 is 10.5 Å². The van der Waals surface area contributed by atoms with Crippen molar-refractivity contribution in [3.63, 3.8) is 0 Å². The van der Waals surface area contributed by atoms with Gasteiger partial charge in [0.1, 0.15) is 12.4 Å². The summed E-state index contributed by atoms with van der Waals surface area (Å²) in [5.74, 6) is 0.565. The Morgan fingerprint density at radius 2 is 2.21 bits per heavy atom. The fourth-order valence-electron chi connectivity index (χ4n) is 1.71. The first-order valence-corrected chi connectivity index (χ1v) is 5.74. The Hall–Kier alpha value is -2.47. The highest BCUT2D eigenvalue weighted by atomic mass is 16.6. The molecule has 6 heteroatoms. The van der Waals surface area contributed by atoms with Crippen molar-refractivity contribution >= 4 is 16.6 Å². The maximum absolute atomic E-state index is 10.9. The zero-order chi connectivity index (χ0) is 13.7. The molecule has 0 bridgehead atoms. The second kappa shape index (κ2) is 5.92. The van der Waals surface area contributed by atoms with Crippen LogP contribution in [0, 0.1) is 10.1 Å². The van der Waals surface area contributed by atoms with Gasteiger partial charge in [-0.2, -0.15) is 0 Å². The molecule has 2 N–H and O–H groups in total. The Labute approximate surface area is 109 Å². The molecule has 0 unspecified atom stereocenters. The Morgan fingerprint density at radius 1 is 1.37 bits per heavy atom. The molecule has 1 heterocycles. The van der Waals surface area contributed by atoms with E-state index in [1.54, 1.807) is 30.4 Å². The first kappa shape index (κ1) is 13.0. The van der Waals surface area contributed by atoms with E-state index in [2.05, 4.69) is 4.98 Å². The molecule has 0 aliphatic rings. The second-order valence-electron chi connectivity index (χ2n) is 3.76. The second-order valence-corrected chi connectivity index (χ2v) is 3.76. The topological polar surface area (TPSA) is 91.3 Å². The molecule has 0 fully saturated rings. The summed E-state index contributed by atoms with van der Waals surface area (Å²) in [4.78, 5) is 14.5. The molecule has 0 radical (unpaired) electrons. The number of ether oxygens (including phenoxy) is 1. The summed E-state index contributed by atoms with van der Waals surface area (Å²) in [6.45, 7) is 0.810. The Morgan fingerprint density at radius 3 is 2.95 bits per heavy atom. The number of hydrogen-bond donors (Lipinski definition) is 1. The van der Waals surface area contributed by atoms with Crippen LogP contribution in [0.25, 0.3) is 10.9 Å². The van der Waals surface area contributed by atoms with Gasteiger partial charge >= 0.3 is 0 Å². The van der Waals surface area contributed by atoms with Gasteiger partial charge in [-0.15, -0.1) is 0 Å². The Balaban J connectivity index is 2.38. The molecule has 98 valence electrons. The summed E-state index contributed by atoms with van der Waals surface area (Å²) >= 11 is 0. The van der Waals surface area contributed by atoms with Gasteiger partial charge in [-0.3, -0.25) is 10.1 Å². The number of nitrogens with zero attached hydrogens (tertiary/aromatic N) is 2. The predicted octanol–water partition coefficient (Wildman–Crippen LogP) is 2.04. The molecule has 19 heavy (non-hydrogen) atoms. The molecule has 0 aliphatic heterocycles. The van der Waals surface area contributed by atoms with E-state index in [0.717, 1.165) is 0 Å². The van der Waals surface area contributed by atoms with Crippen LogP contribution in [0.5, 0.6) is 5.75 Å². The summed E-state index contributed by atoms with van der Waals surface area (Å²) in [5.41, 5.74) is 5.62. The average molecular weight is 259 g/mol. The Bertz CT molecular complexity index is 626. The van der Waals surface area contributed by atoms with Crippen LogP contribution in [-0.2, 0) is 0 Å². The fourth-order valence-corrected chi connectivity index (χ4v) is 1.71. The minimum atomic E-state index is -0.451. The lowest BCUT2D eigenvalue weighted by Gasteiger charge is -2.07. The van der Waals surface area contributed by atoms with E-state index >= 15 is 0 Å². The fraction of sp³-hybridized carbons (Fsp3) is 0.154. The van der Waals surface area contributed by atoms with Crippen LogP contribution in [0.4, 0.5) is 5.69 Å². The highest BCUT2D eigenvalue weighted by Crippen LogP contribution is 2.31. The van der Waals surface area contributed by atoms with E-state index < -0.39 is 4.92 Å². The third-order valence-corrected chi connectivity index (χ3v) is 2.54. The number of benzene rings is 1. The number of fused-ring (bicyclic) bond motifs is 1. The molecule has 2 rings (SSSR count). The average Bonchev–Trinajstić information content (AvgIpc) is 2.43. The van der Waals surface area contributed by atoms with Gasteiger partial charge in [0.05, 0.1) is 4.92 Å². The van der Waals surface area contributed by atoms with Crippen molar-refractivity contribution in [3.05, 3.63) is 52.7 Å². The predicted molar refractivity (Wildman–Crippen MR) is 72.1 cm³/mol. The van der Waals surface area contributed by atoms with Gasteiger partial charge in [0.25, 0.3) is 5.69 Å². The van der Waals surface area contributed by atoms with E-state index in [1.807, 2.05) is 0 Å². The number of hydrogen-bond acceptors (Lipinski definition) is 5. The summed E-state index contributed by atoms with van der Waals surface area (Å²) < 4.78 is 5.55. The molecule has 0 saturated carbocycles. The minimum Gasteiger partial charge on any atom is -0.489 e. The van der Waals surface area contributed by atoms with Crippen LogP contribution < -0.4 is 10.5 Å². The maximum atomic E-state index is 10.9. The van der Waals surface area contributed by atoms with Gasteiger partial charge in [-0.1, -0.05) is 12.2 Å². The quantitative estimate of drug-likeness (QED) is 0.504. The number of nitro benzene ring substituents is 1. The zero-order valence-electron chi connectivity index (χ0n) is 10.2. The molecule has 0 saturated heterocycles. The molecular weight excluding hydrogens is 246 g/mol. The van der Waals surface area contributed by atoms with Crippen molar-refractivity contribution in [1.82, 2.24) is 4.98 Å². The number of non-ortho nitro benzene ring substituents is 1.